The summed E-state index contributed by atoms with van der Waals surface area (Å²) in [5.74, 6) is -0.00159. The van der Waals surface area contributed by atoms with Gasteiger partial charge in [0.25, 0.3) is 0 Å². The number of rotatable bonds is 3. The van der Waals surface area contributed by atoms with Gasteiger partial charge in [-0.25, -0.2) is 9.78 Å². The second-order valence-corrected chi connectivity index (χ2v) is 4.35. The van der Waals surface area contributed by atoms with E-state index >= 15 is 0 Å². The Bertz CT molecular complexity index is 678. The van der Waals surface area contributed by atoms with Gasteiger partial charge in [0.15, 0.2) is 5.69 Å². The number of nitrogens with one attached hydrogen (secondary N) is 1. The van der Waals surface area contributed by atoms with E-state index in [0.29, 0.717) is 5.82 Å². The van der Waals surface area contributed by atoms with Crippen LogP contribution in [0.3, 0.4) is 0 Å². The number of carbonyl (C=O) groups is 2. The maximum Gasteiger partial charge on any atom is 0.358 e. The fourth-order valence-electron chi connectivity index (χ4n) is 2.24. The molecule has 1 N–H and O–H groups in total. The zero-order valence-electron chi connectivity index (χ0n) is 10.9. The first-order chi connectivity index (χ1) is 9.74. The van der Waals surface area contributed by atoms with Gasteiger partial charge in [-0.2, -0.15) is 0 Å². The average molecular weight is 271 g/mol. The largest absolute Gasteiger partial charge is 0.461 e. The van der Waals surface area contributed by atoms with Gasteiger partial charge in [-0.15, -0.1) is 0 Å². The van der Waals surface area contributed by atoms with Gasteiger partial charge >= 0.3 is 5.97 Å². The molecule has 0 saturated carbocycles. The lowest BCUT2D eigenvalue weighted by Gasteiger charge is -2.24. The maximum atomic E-state index is 11.8. The summed E-state index contributed by atoms with van der Waals surface area (Å²) in [6.07, 6.45) is 2.37. The molecule has 20 heavy (non-hydrogen) atoms. The lowest BCUT2D eigenvalue weighted by atomic mass is 10.1. The second kappa shape index (κ2) is 4.80. The number of benzene rings is 1. The van der Waals surface area contributed by atoms with Crippen LogP contribution >= 0.6 is 0 Å². The molecule has 1 aliphatic rings. The molecule has 0 radical (unpaired) electrons. The van der Waals surface area contributed by atoms with Crippen LogP contribution in [0.2, 0.25) is 0 Å². The third-order valence-electron chi connectivity index (χ3n) is 3.11. The van der Waals surface area contributed by atoms with Gasteiger partial charge in [0.2, 0.25) is 0 Å². The van der Waals surface area contributed by atoms with E-state index in [4.69, 9.17) is 4.74 Å². The summed E-state index contributed by atoms with van der Waals surface area (Å²) in [5, 5.41) is 3.08. The number of fused-ring (bicyclic) bond motifs is 3. The summed E-state index contributed by atoms with van der Waals surface area (Å²) in [6.45, 7) is 2.02. The zero-order chi connectivity index (χ0) is 14.1. The van der Waals surface area contributed by atoms with E-state index in [1.54, 1.807) is 17.7 Å². The molecule has 1 aliphatic heterocycles. The van der Waals surface area contributed by atoms with Crippen molar-refractivity contribution in [3.8, 4) is 5.69 Å². The van der Waals surface area contributed by atoms with Crippen LogP contribution in [-0.2, 0) is 9.53 Å². The van der Waals surface area contributed by atoms with Crippen molar-refractivity contribution in [2.24, 2.45) is 0 Å². The molecule has 2 aromatic rings. The number of anilines is 1. The summed E-state index contributed by atoms with van der Waals surface area (Å²) < 4.78 is 6.69. The summed E-state index contributed by atoms with van der Waals surface area (Å²) in [6, 6.07) is 6.95. The van der Waals surface area contributed by atoms with Crippen molar-refractivity contribution in [3.05, 3.63) is 42.0 Å². The lowest BCUT2D eigenvalue weighted by molar-refractivity contribution is -0.108. The van der Waals surface area contributed by atoms with Crippen molar-refractivity contribution in [2.75, 3.05) is 11.9 Å². The van der Waals surface area contributed by atoms with Crippen molar-refractivity contribution in [1.29, 1.82) is 0 Å². The summed E-state index contributed by atoms with van der Waals surface area (Å²) in [4.78, 5) is 27.2. The zero-order valence-corrected chi connectivity index (χ0v) is 10.9. The van der Waals surface area contributed by atoms with Gasteiger partial charge in [0.05, 0.1) is 18.0 Å². The molecule has 0 aliphatic carbocycles. The highest BCUT2D eigenvalue weighted by atomic mass is 16.5. The Kier molecular flexibility index (Phi) is 2.98. The van der Waals surface area contributed by atoms with Crippen LogP contribution in [0.1, 0.15) is 29.3 Å². The van der Waals surface area contributed by atoms with Crippen LogP contribution in [0.25, 0.3) is 5.69 Å². The number of aromatic nitrogens is 2. The van der Waals surface area contributed by atoms with Gasteiger partial charge in [0, 0.05) is 6.20 Å². The predicted molar refractivity (Wildman–Crippen MR) is 71.9 cm³/mol. The number of imidazole rings is 1. The van der Waals surface area contributed by atoms with E-state index in [1.807, 2.05) is 24.3 Å². The quantitative estimate of drug-likeness (QED) is 0.679. The molecule has 2 heterocycles. The van der Waals surface area contributed by atoms with Gasteiger partial charge < -0.3 is 14.8 Å². The Morgan fingerprint density at radius 3 is 3.05 bits per heavy atom. The summed E-state index contributed by atoms with van der Waals surface area (Å²) in [5.41, 5.74) is 1.88. The number of hydrogen-bond donors (Lipinski definition) is 1. The number of hydrogen-bond acceptors (Lipinski definition) is 5. The Hall–Kier alpha value is -2.63. The third kappa shape index (κ3) is 1.85. The van der Waals surface area contributed by atoms with Crippen molar-refractivity contribution >= 4 is 17.9 Å². The second-order valence-electron chi connectivity index (χ2n) is 4.35. The van der Waals surface area contributed by atoms with Gasteiger partial charge in [-0.3, -0.25) is 4.57 Å². The molecular formula is C14H13N3O3. The molecule has 6 heteroatoms. The Morgan fingerprint density at radius 2 is 2.30 bits per heavy atom. The first kappa shape index (κ1) is 12.4. The fraction of sp³-hybridized carbons (Fsp3) is 0.214. The monoisotopic (exact) mass is 271 g/mol. The van der Waals surface area contributed by atoms with Crippen LogP contribution in [0.15, 0.2) is 30.5 Å². The Balaban J connectivity index is 2.12. The third-order valence-corrected chi connectivity index (χ3v) is 3.11. The molecule has 3 rings (SSSR count). The van der Waals surface area contributed by atoms with E-state index < -0.39 is 12.0 Å². The van der Waals surface area contributed by atoms with Gasteiger partial charge in [-0.1, -0.05) is 12.1 Å². The van der Waals surface area contributed by atoms with E-state index in [-0.39, 0.29) is 12.3 Å². The molecule has 6 nitrogen and oxygen atoms in total. The molecule has 1 unspecified atom stereocenters. The van der Waals surface area contributed by atoms with E-state index in [9.17, 15) is 9.59 Å². The molecule has 1 aromatic heterocycles. The Morgan fingerprint density at radius 1 is 1.50 bits per heavy atom. The topological polar surface area (TPSA) is 73.2 Å². The minimum atomic E-state index is -0.576. The molecule has 1 atom stereocenters. The smallest absolute Gasteiger partial charge is 0.358 e. The van der Waals surface area contributed by atoms with Crippen molar-refractivity contribution in [3.63, 3.8) is 0 Å². The van der Waals surface area contributed by atoms with Crippen LogP contribution in [-0.4, -0.2) is 28.4 Å². The molecule has 0 saturated heterocycles. The van der Waals surface area contributed by atoms with E-state index in [2.05, 4.69) is 10.3 Å². The van der Waals surface area contributed by atoms with Gasteiger partial charge in [0.1, 0.15) is 18.2 Å². The average Bonchev–Trinajstić information content (AvgIpc) is 2.92. The lowest BCUT2D eigenvalue weighted by Crippen LogP contribution is -2.22. The van der Waals surface area contributed by atoms with E-state index in [1.165, 1.54) is 0 Å². The minimum Gasteiger partial charge on any atom is -0.461 e. The highest BCUT2D eigenvalue weighted by Gasteiger charge is 2.27. The number of esters is 1. The van der Waals surface area contributed by atoms with Crippen LogP contribution in [0.5, 0.6) is 0 Å². The number of para-hydroxylation sites is 2. The van der Waals surface area contributed by atoms with E-state index in [0.717, 1.165) is 17.7 Å². The van der Waals surface area contributed by atoms with Crippen molar-refractivity contribution in [1.82, 2.24) is 9.55 Å². The Labute approximate surface area is 115 Å². The molecule has 0 bridgehead atoms. The highest BCUT2D eigenvalue weighted by molar-refractivity contribution is 5.88. The molecule has 0 fully saturated rings. The van der Waals surface area contributed by atoms with Crippen LogP contribution in [0, 0.1) is 0 Å². The number of carbonyl (C=O) groups excluding carboxylic acids is 2. The van der Waals surface area contributed by atoms with Crippen molar-refractivity contribution < 1.29 is 14.3 Å². The van der Waals surface area contributed by atoms with Crippen molar-refractivity contribution in [2.45, 2.75) is 13.0 Å². The number of aldehydes is 1. The fourth-order valence-corrected chi connectivity index (χ4v) is 2.24. The number of nitrogens with zero attached hydrogens (tertiary/aromatic N) is 2. The summed E-state index contributed by atoms with van der Waals surface area (Å²) in [7, 11) is 0. The SMILES string of the molecule is CCOC(=O)c1cn2c(n1)C(C=O)Nc1ccccc1-2. The minimum absolute atomic E-state index is 0.201. The highest BCUT2D eigenvalue weighted by Crippen LogP contribution is 2.31. The molecular weight excluding hydrogens is 258 g/mol. The molecule has 0 amide bonds. The standard InChI is InChI=1S/C14H13N3O3/c1-2-20-14(19)10-7-17-12-6-4-3-5-9(12)15-11(8-18)13(17)16-10/h3-8,11,15H,2H2,1H3. The molecule has 0 spiro atoms. The molecule has 102 valence electrons. The number of ether oxygens (including phenoxy) is 1. The van der Waals surface area contributed by atoms with Gasteiger partial charge in [-0.05, 0) is 19.1 Å². The maximum absolute atomic E-state index is 11.8. The first-order valence-corrected chi connectivity index (χ1v) is 6.32. The first-order valence-electron chi connectivity index (χ1n) is 6.32. The normalized spacial score (nSPS) is 15.8. The predicted octanol–water partition coefficient (Wildman–Crippen LogP) is 1.71. The van der Waals surface area contributed by atoms with Crippen LogP contribution < -0.4 is 5.32 Å². The van der Waals surface area contributed by atoms with Crippen LogP contribution in [0.4, 0.5) is 5.69 Å². The molecule has 1 aromatic carbocycles. The summed E-state index contributed by atoms with van der Waals surface area (Å²) >= 11 is 0.